The molecule has 1 amide bonds. The smallest absolute Gasteiger partial charge is 0.274 e. The third-order valence-electron chi connectivity index (χ3n) is 2.86. The van der Waals surface area contributed by atoms with Crippen LogP contribution in [0.2, 0.25) is 0 Å². The minimum Gasteiger partial charge on any atom is -0.335 e. The molecule has 0 radical (unpaired) electrons. The number of amides is 1. The van der Waals surface area contributed by atoms with Crippen molar-refractivity contribution in [3.8, 4) is 0 Å². The Morgan fingerprint density at radius 3 is 2.81 bits per heavy atom. The van der Waals surface area contributed by atoms with Crippen molar-refractivity contribution in [2.75, 3.05) is 13.1 Å². The van der Waals surface area contributed by atoms with Gasteiger partial charge in [0, 0.05) is 25.2 Å². The molecular formula is C10H14N4O2. The average Bonchev–Trinajstić information content (AvgIpc) is 2.59. The second-order valence-corrected chi connectivity index (χ2v) is 4.16. The maximum atomic E-state index is 11.9. The average molecular weight is 222 g/mol. The fourth-order valence-electron chi connectivity index (χ4n) is 1.78. The van der Waals surface area contributed by atoms with Crippen LogP contribution in [0.25, 0.3) is 0 Å². The van der Waals surface area contributed by atoms with Gasteiger partial charge in [0.2, 0.25) is 0 Å². The van der Waals surface area contributed by atoms with Crippen LogP contribution in [0.15, 0.2) is 16.9 Å². The van der Waals surface area contributed by atoms with Crippen LogP contribution >= 0.6 is 0 Å². The van der Waals surface area contributed by atoms with E-state index in [1.54, 1.807) is 4.90 Å². The van der Waals surface area contributed by atoms with Gasteiger partial charge in [-0.3, -0.25) is 9.59 Å². The van der Waals surface area contributed by atoms with Gasteiger partial charge in [0.25, 0.3) is 11.5 Å². The molecule has 6 heteroatoms. The first-order valence-corrected chi connectivity index (χ1v) is 5.18. The summed E-state index contributed by atoms with van der Waals surface area (Å²) in [6.45, 7) is 3.19. The number of likely N-dealkylation sites (tertiary alicyclic amines) is 1. The number of carbonyl (C=O) groups excluding carboxylic acids is 1. The Bertz CT molecular complexity index is 426. The van der Waals surface area contributed by atoms with Gasteiger partial charge in [0.1, 0.15) is 5.69 Å². The van der Waals surface area contributed by atoms with Gasteiger partial charge in [-0.1, -0.05) is 6.92 Å². The third-order valence-corrected chi connectivity index (χ3v) is 2.86. The van der Waals surface area contributed by atoms with Gasteiger partial charge < -0.3 is 10.6 Å². The summed E-state index contributed by atoms with van der Waals surface area (Å²) in [7, 11) is 0. The normalized spacial score (nSPS) is 24.8. The monoisotopic (exact) mass is 222 g/mol. The zero-order valence-electron chi connectivity index (χ0n) is 9.01. The predicted octanol–water partition coefficient (Wildman–Crippen LogP) is -0.811. The Balaban J connectivity index is 2.14. The molecule has 0 saturated carbocycles. The Kier molecular flexibility index (Phi) is 2.74. The van der Waals surface area contributed by atoms with Crippen molar-refractivity contribution in [3.05, 3.63) is 28.2 Å². The van der Waals surface area contributed by atoms with E-state index in [0.717, 1.165) is 0 Å². The molecule has 2 heterocycles. The molecule has 0 bridgehead atoms. The van der Waals surface area contributed by atoms with Gasteiger partial charge in [-0.05, 0) is 12.0 Å². The van der Waals surface area contributed by atoms with E-state index in [9.17, 15) is 9.59 Å². The molecule has 86 valence electrons. The van der Waals surface area contributed by atoms with Gasteiger partial charge in [-0.25, -0.2) is 5.10 Å². The summed E-state index contributed by atoms with van der Waals surface area (Å²) in [5.74, 6) is 0.114. The molecule has 1 fully saturated rings. The largest absolute Gasteiger partial charge is 0.335 e. The fraction of sp³-hybridized carbons (Fsp3) is 0.500. The minimum atomic E-state index is -0.317. The molecule has 2 rings (SSSR count). The van der Waals surface area contributed by atoms with Crippen molar-refractivity contribution >= 4 is 5.91 Å². The van der Waals surface area contributed by atoms with Gasteiger partial charge in [-0.2, -0.15) is 5.10 Å². The number of rotatable bonds is 1. The molecule has 2 unspecified atom stereocenters. The summed E-state index contributed by atoms with van der Waals surface area (Å²) in [6, 6.07) is 2.74. The molecule has 6 nitrogen and oxygen atoms in total. The fourth-order valence-corrected chi connectivity index (χ4v) is 1.78. The number of carbonyl (C=O) groups is 1. The van der Waals surface area contributed by atoms with Gasteiger partial charge >= 0.3 is 0 Å². The zero-order valence-corrected chi connectivity index (χ0v) is 9.01. The Morgan fingerprint density at radius 2 is 2.31 bits per heavy atom. The molecule has 1 aliphatic heterocycles. The molecule has 1 aromatic rings. The molecule has 0 aromatic carbocycles. The summed E-state index contributed by atoms with van der Waals surface area (Å²) in [6.07, 6.45) is 0. The van der Waals surface area contributed by atoms with Crippen LogP contribution in [-0.2, 0) is 0 Å². The standard InChI is InChI=1S/C10H14N4O2/c1-6-4-14(5-7(6)11)10(16)8-2-3-9(15)13-12-8/h2-3,6-7H,4-5,11H2,1H3,(H,13,15). The van der Waals surface area contributed by atoms with Crippen LogP contribution in [0, 0.1) is 5.92 Å². The molecule has 0 spiro atoms. The predicted molar refractivity (Wildman–Crippen MR) is 57.9 cm³/mol. The van der Waals surface area contributed by atoms with Crippen molar-refractivity contribution in [2.45, 2.75) is 13.0 Å². The lowest BCUT2D eigenvalue weighted by molar-refractivity contribution is 0.0779. The second kappa shape index (κ2) is 4.05. The molecule has 2 atom stereocenters. The van der Waals surface area contributed by atoms with Crippen molar-refractivity contribution < 1.29 is 4.79 Å². The van der Waals surface area contributed by atoms with Gasteiger partial charge in [-0.15, -0.1) is 0 Å². The van der Waals surface area contributed by atoms with Crippen molar-refractivity contribution in [2.24, 2.45) is 11.7 Å². The van der Waals surface area contributed by atoms with E-state index in [0.29, 0.717) is 19.0 Å². The minimum absolute atomic E-state index is 0.0201. The van der Waals surface area contributed by atoms with E-state index < -0.39 is 0 Å². The number of hydrogen-bond donors (Lipinski definition) is 2. The third kappa shape index (κ3) is 1.96. The van der Waals surface area contributed by atoms with E-state index in [2.05, 4.69) is 10.2 Å². The zero-order chi connectivity index (χ0) is 11.7. The maximum absolute atomic E-state index is 11.9. The molecule has 1 saturated heterocycles. The number of nitrogens with one attached hydrogen (secondary N) is 1. The summed E-state index contributed by atoms with van der Waals surface area (Å²) in [5.41, 5.74) is 5.77. The van der Waals surface area contributed by atoms with E-state index in [1.165, 1.54) is 12.1 Å². The number of hydrogen-bond acceptors (Lipinski definition) is 4. The summed E-state index contributed by atoms with van der Waals surface area (Å²) in [4.78, 5) is 24.4. The van der Waals surface area contributed by atoms with Crippen LogP contribution in [-0.4, -0.2) is 40.1 Å². The molecule has 3 N–H and O–H groups in total. The van der Waals surface area contributed by atoms with Gasteiger partial charge in [0.05, 0.1) is 0 Å². The Hall–Kier alpha value is -1.69. The van der Waals surface area contributed by atoms with Crippen LogP contribution in [0.3, 0.4) is 0 Å². The maximum Gasteiger partial charge on any atom is 0.274 e. The highest BCUT2D eigenvalue weighted by atomic mass is 16.2. The summed E-state index contributed by atoms with van der Waals surface area (Å²) >= 11 is 0. The SMILES string of the molecule is CC1CN(C(=O)c2ccc(=O)[nH]n2)CC1N. The molecule has 16 heavy (non-hydrogen) atoms. The lowest BCUT2D eigenvalue weighted by Gasteiger charge is -2.14. The quantitative estimate of drug-likeness (QED) is 0.650. The van der Waals surface area contributed by atoms with Gasteiger partial charge in [0.15, 0.2) is 0 Å². The van der Waals surface area contributed by atoms with E-state index in [4.69, 9.17) is 5.73 Å². The first-order chi connectivity index (χ1) is 7.58. The van der Waals surface area contributed by atoms with Crippen LogP contribution in [0.1, 0.15) is 17.4 Å². The Morgan fingerprint density at radius 1 is 1.56 bits per heavy atom. The van der Waals surface area contributed by atoms with Crippen LogP contribution in [0.4, 0.5) is 0 Å². The van der Waals surface area contributed by atoms with Crippen molar-refractivity contribution in [1.29, 1.82) is 0 Å². The van der Waals surface area contributed by atoms with Crippen LogP contribution in [0.5, 0.6) is 0 Å². The van der Waals surface area contributed by atoms with Crippen molar-refractivity contribution in [1.82, 2.24) is 15.1 Å². The molecular weight excluding hydrogens is 208 g/mol. The number of H-pyrrole nitrogens is 1. The highest BCUT2D eigenvalue weighted by Gasteiger charge is 2.30. The van der Waals surface area contributed by atoms with E-state index in [1.807, 2.05) is 6.92 Å². The summed E-state index contributed by atoms with van der Waals surface area (Å²) in [5, 5.41) is 5.95. The number of aromatic amines is 1. The highest BCUT2D eigenvalue weighted by Crippen LogP contribution is 2.16. The molecule has 1 aliphatic rings. The van der Waals surface area contributed by atoms with E-state index >= 15 is 0 Å². The number of nitrogens with two attached hydrogens (primary N) is 1. The second-order valence-electron chi connectivity index (χ2n) is 4.16. The first kappa shape index (κ1) is 10.8. The Labute approximate surface area is 92.4 Å². The highest BCUT2D eigenvalue weighted by molar-refractivity contribution is 5.92. The molecule has 0 aliphatic carbocycles. The van der Waals surface area contributed by atoms with E-state index in [-0.39, 0.29) is 23.2 Å². The number of nitrogens with zero attached hydrogens (tertiary/aromatic N) is 2. The molecule has 1 aromatic heterocycles. The number of aromatic nitrogens is 2. The first-order valence-electron chi connectivity index (χ1n) is 5.18. The van der Waals surface area contributed by atoms with Crippen LogP contribution < -0.4 is 11.3 Å². The lowest BCUT2D eigenvalue weighted by Crippen LogP contribution is -2.33. The van der Waals surface area contributed by atoms with Crippen molar-refractivity contribution in [3.63, 3.8) is 0 Å². The lowest BCUT2D eigenvalue weighted by atomic mass is 10.1. The topological polar surface area (TPSA) is 92.1 Å². The summed E-state index contributed by atoms with van der Waals surface area (Å²) < 4.78 is 0.